The first-order valence-corrected chi connectivity index (χ1v) is 5.61. The molecule has 0 radical (unpaired) electrons. The van der Waals surface area contributed by atoms with Crippen molar-refractivity contribution in [3.8, 4) is 0 Å². The maximum atomic E-state index is 4.24. The number of nitrogens with one attached hydrogen (secondary N) is 3. The van der Waals surface area contributed by atoms with Gasteiger partial charge >= 0.3 is 0 Å². The highest BCUT2D eigenvalue weighted by Gasteiger charge is 2.02. The quantitative estimate of drug-likeness (QED) is 0.637. The van der Waals surface area contributed by atoms with Gasteiger partial charge in [-0.05, 0) is 7.05 Å². The van der Waals surface area contributed by atoms with Gasteiger partial charge in [0.2, 0.25) is 0 Å². The van der Waals surface area contributed by atoms with Crippen molar-refractivity contribution >= 4 is 5.82 Å². The first-order valence-electron chi connectivity index (χ1n) is 5.61. The zero-order valence-electron chi connectivity index (χ0n) is 11.0. The number of rotatable bonds is 6. The van der Waals surface area contributed by atoms with Gasteiger partial charge in [-0.1, -0.05) is 20.4 Å². The summed E-state index contributed by atoms with van der Waals surface area (Å²) in [6.45, 7) is 8.37. The molecule has 0 fully saturated rings. The van der Waals surface area contributed by atoms with E-state index >= 15 is 0 Å². The van der Waals surface area contributed by atoms with Crippen LogP contribution in [0.1, 0.15) is 19.5 Å². The Morgan fingerprint density at radius 1 is 1.29 bits per heavy atom. The van der Waals surface area contributed by atoms with E-state index in [-0.39, 0.29) is 0 Å². The maximum absolute atomic E-state index is 4.24. The Morgan fingerprint density at radius 3 is 2.41 bits per heavy atom. The van der Waals surface area contributed by atoms with Crippen LogP contribution in [0, 0.1) is 0 Å². The van der Waals surface area contributed by atoms with E-state index in [0.717, 1.165) is 5.69 Å². The van der Waals surface area contributed by atoms with Gasteiger partial charge in [0, 0.05) is 19.8 Å². The first-order chi connectivity index (χ1) is 8.31. The fourth-order valence-electron chi connectivity index (χ4n) is 1.06. The summed E-state index contributed by atoms with van der Waals surface area (Å²) in [5.41, 5.74) is 6.53. The molecule has 0 amide bonds. The second-order valence-electron chi connectivity index (χ2n) is 2.81. The van der Waals surface area contributed by atoms with Crippen LogP contribution in [0.5, 0.6) is 0 Å². The highest BCUT2D eigenvalue weighted by atomic mass is 15.7. The lowest BCUT2D eigenvalue weighted by Gasteiger charge is -2.18. The topological polar surface area (TPSA) is 65.1 Å². The molecule has 3 N–H and O–H groups in total. The van der Waals surface area contributed by atoms with Gasteiger partial charge in [0.15, 0.2) is 5.82 Å². The minimum atomic E-state index is 0.680. The third-order valence-electron chi connectivity index (χ3n) is 1.71. The van der Waals surface area contributed by atoms with Gasteiger partial charge in [0.05, 0.1) is 18.1 Å². The molecule has 17 heavy (non-hydrogen) atoms. The molecule has 0 spiro atoms. The van der Waals surface area contributed by atoms with Crippen LogP contribution >= 0.6 is 0 Å². The number of hydrazine groups is 2. The number of hydrogen-bond acceptors (Lipinski definition) is 6. The van der Waals surface area contributed by atoms with Crippen LogP contribution in [0.3, 0.4) is 0 Å². The molecule has 0 aromatic carbocycles. The monoisotopic (exact) mass is 238 g/mol. The molecule has 0 atom stereocenters. The molecule has 0 aliphatic rings. The lowest BCUT2D eigenvalue weighted by Crippen LogP contribution is -2.42. The smallest absolute Gasteiger partial charge is 0.166 e. The number of aromatic nitrogens is 2. The summed E-state index contributed by atoms with van der Waals surface area (Å²) >= 11 is 0. The van der Waals surface area contributed by atoms with Crippen LogP contribution in [-0.4, -0.2) is 24.1 Å². The van der Waals surface area contributed by atoms with Crippen molar-refractivity contribution in [3.63, 3.8) is 0 Å². The summed E-state index contributed by atoms with van der Waals surface area (Å²) in [6.07, 6.45) is 5.01. The predicted molar refractivity (Wildman–Crippen MR) is 71.0 cm³/mol. The number of nitrogens with zero attached hydrogens (tertiary/aromatic N) is 3. The van der Waals surface area contributed by atoms with E-state index in [0.29, 0.717) is 12.4 Å². The molecule has 0 unspecified atom stereocenters. The number of hydrogen-bond donors (Lipinski definition) is 3. The van der Waals surface area contributed by atoms with Crippen molar-refractivity contribution in [2.75, 3.05) is 19.1 Å². The largest absolute Gasteiger partial charge is 0.314 e. The van der Waals surface area contributed by atoms with Crippen molar-refractivity contribution in [2.45, 2.75) is 20.4 Å². The molecule has 1 heterocycles. The molecule has 96 valence electrons. The molecule has 1 aromatic rings. The maximum Gasteiger partial charge on any atom is 0.166 e. The molecule has 0 saturated heterocycles. The van der Waals surface area contributed by atoms with E-state index in [4.69, 9.17) is 0 Å². The Balaban J connectivity index is 0.00000121. The Kier molecular flexibility index (Phi) is 8.85. The minimum Gasteiger partial charge on any atom is -0.314 e. The van der Waals surface area contributed by atoms with Crippen LogP contribution in [0.4, 0.5) is 5.82 Å². The molecule has 1 aromatic heterocycles. The highest BCUT2D eigenvalue weighted by molar-refractivity contribution is 5.37. The molecular weight excluding hydrogens is 216 g/mol. The molecule has 6 nitrogen and oxygen atoms in total. The van der Waals surface area contributed by atoms with Crippen molar-refractivity contribution in [2.24, 2.45) is 0 Å². The fourth-order valence-corrected chi connectivity index (χ4v) is 1.06. The SMILES string of the molecule is C=CN(NNC)c1cnc(CNC)cn1.CC. The Labute approximate surface area is 103 Å². The molecular formula is C11H22N6. The zero-order valence-corrected chi connectivity index (χ0v) is 11.0. The van der Waals surface area contributed by atoms with Crippen LogP contribution in [-0.2, 0) is 6.54 Å². The molecule has 0 aliphatic carbocycles. The Bertz CT molecular complexity index is 297. The highest BCUT2D eigenvalue weighted by Crippen LogP contribution is 2.05. The summed E-state index contributed by atoms with van der Waals surface area (Å²) in [5, 5.41) is 4.64. The van der Waals surface area contributed by atoms with Gasteiger partial charge in [0.25, 0.3) is 0 Å². The van der Waals surface area contributed by atoms with E-state index in [1.165, 1.54) is 0 Å². The molecule has 1 rings (SSSR count). The summed E-state index contributed by atoms with van der Waals surface area (Å²) in [5.74, 6) is 0.680. The Hall–Kier alpha value is -1.50. The minimum absolute atomic E-state index is 0.680. The zero-order chi connectivity index (χ0) is 13.1. The average Bonchev–Trinajstić information content (AvgIpc) is 2.40. The fraction of sp³-hybridized carbons (Fsp3) is 0.455. The molecule has 0 aliphatic heterocycles. The lowest BCUT2D eigenvalue weighted by molar-refractivity contribution is 0.598. The van der Waals surface area contributed by atoms with Crippen LogP contribution in [0.15, 0.2) is 25.2 Å². The van der Waals surface area contributed by atoms with E-state index in [2.05, 4.69) is 32.8 Å². The van der Waals surface area contributed by atoms with Gasteiger partial charge in [-0.15, -0.1) is 0 Å². The van der Waals surface area contributed by atoms with Gasteiger partial charge in [-0.2, -0.15) is 5.53 Å². The second kappa shape index (κ2) is 9.71. The van der Waals surface area contributed by atoms with E-state index < -0.39 is 0 Å². The van der Waals surface area contributed by atoms with E-state index in [1.807, 2.05) is 20.9 Å². The van der Waals surface area contributed by atoms with Crippen LogP contribution < -0.4 is 21.3 Å². The summed E-state index contributed by atoms with van der Waals surface area (Å²) in [6, 6.07) is 0. The van der Waals surface area contributed by atoms with Crippen molar-refractivity contribution in [3.05, 3.63) is 30.9 Å². The van der Waals surface area contributed by atoms with Crippen LogP contribution in [0.2, 0.25) is 0 Å². The summed E-state index contributed by atoms with van der Waals surface area (Å²) < 4.78 is 0. The molecule has 6 heteroatoms. The Morgan fingerprint density at radius 2 is 2.00 bits per heavy atom. The van der Waals surface area contributed by atoms with Gasteiger partial charge in [-0.25, -0.2) is 10.4 Å². The lowest BCUT2D eigenvalue weighted by atomic mass is 10.4. The normalized spacial score (nSPS) is 9.18. The summed E-state index contributed by atoms with van der Waals surface area (Å²) in [4.78, 5) is 8.47. The molecule has 0 saturated carbocycles. The standard InChI is InChI=1S/C9H16N6.C2H6/c1-4-15(14-11-3)9-7-12-8(5-10-2)6-13-9;1-2/h4,6-7,10-11,14H,1,5H2,2-3H3;1-2H3. The predicted octanol–water partition coefficient (Wildman–Crippen LogP) is 0.811. The third kappa shape index (κ3) is 5.39. The average molecular weight is 238 g/mol. The van der Waals surface area contributed by atoms with Crippen molar-refractivity contribution in [1.82, 2.24) is 26.2 Å². The van der Waals surface area contributed by atoms with E-state index in [9.17, 15) is 0 Å². The van der Waals surface area contributed by atoms with E-state index in [1.54, 1.807) is 30.7 Å². The first kappa shape index (κ1) is 15.5. The van der Waals surface area contributed by atoms with Crippen molar-refractivity contribution in [1.29, 1.82) is 0 Å². The molecule has 0 bridgehead atoms. The van der Waals surface area contributed by atoms with Gasteiger partial charge in [-0.3, -0.25) is 9.99 Å². The third-order valence-corrected chi connectivity index (χ3v) is 1.71. The summed E-state index contributed by atoms with van der Waals surface area (Å²) in [7, 11) is 3.63. The van der Waals surface area contributed by atoms with Gasteiger partial charge in [0.1, 0.15) is 0 Å². The number of anilines is 1. The second-order valence-corrected chi connectivity index (χ2v) is 2.81. The van der Waals surface area contributed by atoms with Crippen LogP contribution in [0.25, 0.3) is 0 Å². The van der Waals surface area contributed by atoms with Gasteiger partial charge < -0.3 is 5.32 Å². The van der Waals surface area contributed by atoms with Crippen molar-refractivity contribution < 1.29 is 0 Å².